The van der Waals surface area contributed by atoms with Crippen LogP contribution in [-0.4, -0.2) is 198 Å². The molecule has 3 unspecified atom stereocenters. The standard InChI is InChI=1S/C28H28F3N7O.C28H24N6O2.C23H22FN7O.C23H21FN6O/c1-27(29)6-9-38(16-27)24-5-3-21(14-33-24)34-26(39)25-22-11-19(2-4-23(22)35-36-25)20-10-18(12-32-13-20)15-37-8-7-28(30,31)17-37;35-28(31-21-9-11-26(30-17-21)34-12-4-5-13-34)27-24-15-19(8-10-25(24)32-33-27)20-14-23(18-29-16-20)36-22-6-2-1-3-7-22;1-23(24)6-7-31(13-23)20-5-3-17(12-27-20)28-22(32)21-18-9-14(2-4-19(18)29-30-21)15-8-16(25)11-26-10-15;1-23(24)8-10-30(14-23)20-7-5-17(13-26-20)27-22(31)21-18-11-15(4-6-19(18)28-29-21)16-3-2-9-25-12-16/h2-5,10-14H,6-9,15-17H2,1H3,(H,34,39)(H,35,36);1-3,6-11,14-18H,4-5,12-13H2,(H,31,35)(H,32,33);2-5,8-12H,6-7,13,25H2,1H3,(H,28,32)(H,29,30);2-7,9,11-13H,8,10,14H2,1H3,(H,27,31)(H,28,29). The van der Waals surface area contributed by atoms with Crippen molar-refractivity contribution in [3.63, 3.8) is 0 Å². The fraction of sp³-hybridized carbons (Fsp3) is 0.235. The van der Waals surface area contributed by atoms with Crippen LogP contribution < -0.4 is 51.3 Å². The van der Waals surface area contributed by atoms with E-state index >= 15 is 0 Å². The van der Waals surface area contributed by atoms with E-state index in [9.17, 15) is 41.1 Å². The zero-order valence-electron chi connectivity index (χ0n) is 75.4. The Morgan fingerprint density at radius 1 is 0.355 bits per heavy atom. The van der Waals surface area contributed by atoms with Crippen LogP contribution in [-0.2, 0) is 6.54 Å². The molecule has 5 aliphatic heterocycles. The summed E-state index contributed by atoms with van der Waals surface area (Å²) in [7, 11) is 0. The van der Waals surface area contributed by atoms with Gasteiger partial charge in [0.25, 0.3) is 29.6 Å². The minimum Gasteiger partial charge on any atom is -0.456 e. The van der Waals surface area contributed by atoms with Crippen LogP contribution in [0, 0.1) is 0 Å². The Morgan fingerprint density at radius 2 is 0.739 bits per heavy atom. The van der Waals surface area contributed by atoms with Gasteiger partial charge in [0, 0.05) is 159 Å². The highest BCUT2D eigenvalue weighted by Gasteiger charge is 2.40. The van der Waals surface area contributed by atoms with Gasteiger partial charge >= 0.3 is 0 Å². The maximum atomic E-state index is 14.2. The van der Waals surface area contributed by atoms with Gasteiger partial charge in [0.05, 0.1) is 108 Å². The number of aromatic amines is 4. The number of ether oxygens (including phenoxy) is 1. The molecule has 5 aromatic carbocycles. The number of fused-ring (bicyclic) bond motifs is 4. The second-order valence-electron chi connectivity index (χ2n) is 35.7. The van der Waals surface area contributed by atoms with Crippen molar-refractivity contribution in [3.8, 4) is 56.0 Å². The Morgan fingerprint density at radius 3 is 1.11 bits per heavy atom. The Labute approximate surface area is 787 Å². The minimum atomic E-state index is -2.64. The molecular weight excluding hydrogens is 1760 g/mol. The van der Waals surface area contributed by atoms with Crippen molar-refractivity contribution in [3.05, 3.63) is 285 Å². The first-order valence-corrected chi connectivity index (χ1v) is 45.2. The van der Waals surface area contributed by atoms with Crippen LogP contribution >= 0.6 is 0 Å². The Kier molecular flexibility index (Phi) is 25.5. The van der Waals surface area contributed by atoms with Crippen LogP contribution in [0.2, 0.25) is 0 Å². The van der Waals surface area contributed by atoms with Gasteiger partial charge in [-0.25, -0.2) is 41.9 Å². The second kappa shape index (κ2) is 38.8. The number of carbonyl (C=O) groups excluding carboxylic acids is 4. The molecule has 0 radical (unpaired) electrons. The first-order valence-electron chi connectivity index (χ1n) is 45.2. The first kappa shape index (κ1) is 90.6. The van der Waals surface area contributed by atoms with Gasteiger partial charge in [-0.2, -0.15) is 20.4 Å². The third kappa shape index (κ3) is 21.3. The van der Waals surface area contributed by atoms with Gasteiger partial charge in [-0.3, -0.25) is 64.4 Å². The van der Waals surface area contributed by atoms with E-state index in [1.54, 1.807) is 136 Å². The highest BCUT2D eigenvalue weighted by molar-refractivity contribution is 6.15. The summed E-state index contributed by atoms with van der Waals surface area (Å²) in [5.41, 5.74) is 17.0. The summed E-state index contributed by atoms with van der Waals surface area (Å²) in [6.07, 6.45) is 23.7. The number of pyridine rings is 8. The van der Waals surface area contributed by atoms with Gasteiger partial charge in [-0.05, 0) is 195 Å². The number of nitrogens with zero attached hydrogens (tertiary/aromatic N) is 17. The largest absolute Gasteiger partial charge is 0.456 e. The molecule has 17 aromatic rings. The average molecular weight is 1860 g/mol. The van der Waals surface area contributed by atoms with E-state index in [4.69, 9.17) is 10.5 Å². The number of amides is 4. The molecule has 0 bridgehead atoms. The number of para-hydroxylation sites is 1. The quantitative estimate of drug-likeness (QED) is 0.0320. The number of nitrogens with one attached hydrogen (secondary N) is 8. The summed E-state index contributed by atoms with van der Waals surface area (Å²) in [6.45, 7) is 10.1. The predicted octanol–water partition coefficient (Wildman–Crippen LogP) is 18.7. The topological polar surface area (TPSA) is 386 Å². The molecule has 0 spiro atoms. The van der Waals surface area contributed by atoms with Crippen molar-refractivity contribution in [1.29, 1.82) is 0 Å². The zero-order chi connectivity index (χ0) is 95.2. The van der Waals surface area contributed by atoms with Gasteiger partial charge in [-0.15, -0.1) is 0 Å². The Hall–Kier alpha value is -16.5. The summed E-state index contributed by atoms with van der Waals surface area (Å²) < 4.78 is 75.5. The summed E-state index contributed by atoms with van der Waals surface area (Å²) >= 11 is 0. The average Bonchev–Trinajstić information content (AvgIpc) is 1.69. The number of anilines is 9. The number of rotatable bonds is 20. The molecule has 0 aliphatic carbocycles. The number of nitrogens with two attached hydrogens (primary N) is 1. The van der Waals surface area contributed by atoms with Crippen molar-refractivity contribution < 1.29 is 45.9 Å². The van der Waals surface area contributed by atoms with Crippen molar-refractivity contribution in [2.75, 3.05) is 112 Å². The monoisotopic (exact) mass is 1860 g/mol. The van der Waals surface area contributed by atoms with Crippen molar-refractivity contribution >= 4 is 119 Å². The van der Waals surface area contributed by atoms with Crippen LogP contribution in [0.25, 0.3) is 88.1 Å². The normalized spacial score (nSPS) is 17.8. The molecule has 17 heterocycles. The molecule has 138 heavy (non-hydrogen) atoms. The van der Waals surface area contributed by atoms with E-state index in [0.717, 1.165) is 102 Å². The third-order valence-electron chi connectivity index (χ3n) is 24.7. The number of alkyl halides is 5. The lowest BCUT2D eigenvalue weighted by atomic mass is 10.0. The fourth-order valence-corrected chi connectivity index (χ4v) is 17.5. The maximum Gasteiger partial charge on any atom is 0.276 e. The van der Waals surface area contributed by atoms with E-state index in [2.05, 4.69) is 107 Å². The molecule has 5 saturated heterocycles. The van der Waals surface area contributed by atoms with Crippen LogP contribution in [0.4, 0.5) is 73.7 Å². The molecule has 0 saturated carbocycles. The van der Waals surface area contributed by atoms with Crippen molar-refractivity contribution in [1.82, 2.24) is 85.6 Å². The molecule has 3 atom stereocenters. The lowest BCUT2D eigenvalue weighted by Crippen LogP contribution is -2.26. The molecule has 12 aromatic heterocycles. The molecular formula is C102H95F5N26O5. The van der Waals surface area contributed by atoms with Crippen LogP contribution in [0.5, 0.6) is 11.5 Å². The van der Waals surface area contributed by atoms with Gasteiger partial charge in [-0.1, -0.05) is 48.5 Å². The summed E-state index contributed by atoms with van der Waals surface area (Å²) in [4.78, 5) is 96.2. The second-order valence-corrected chi connectivity index (χ2v) is 35.7. The molecule has 698 valence electrons. The summed E-state index contributed by atoms with van der Waals surface area (Å²) in [5, 5.41) is 42.7. The van der Waals surface area contributed by atoms with Gasteiger partial charge < -0.3 is 51.3 Å². The van der Waals surface area contributed by atoms with Crippen LogP contribution in [0.3, 0.4) is 0 Å². The molecule has 22 rings (SSSR count). The highest BCUT2D eigenvalue weighted by atomic mass is 19.3. The lowest BCUT2D eigenvalue weighted by molar-refractivity contribution is 0.0114. The number of carbonyl (C=O) groups is 4. The number of likely N-dealkylation sites (tertiary alicyclic amines) is 1. The van der Waals surface area contributed by atoms with E-state index < -0.39 is 28.8 Å². The number of aromatic nitrogens is 16. The zero-order valence-corrected chi connectivity index (χ0v) is 75.4. The Balaban J connectivity index is 0.000000118. The molecule has 4 amide bonds. The number of nitrogen functional groups attached to an aromatic ring is 1. The minimum absolute atomic E-state index is 0.126. The number of benzene rings is 5. The third-order valence-corrected chi connectivity index (χ3v) is 24.7. The SMILES string of the molecule is CC1(F)CCN(c2ccc(NC(=O)c3n[nH]c4ccc(-c5cccnc5)cc34)cn2)C1.CC1(F)CCN(c2ccc(NC(=O)c3n[nH]c4ccc(-c5cncc(CN6CCC(F)(F)C6)c5)cc34)cn2)C1.CC1(F)CCN(c2ccc(NC(=O)c3n[nH]c4ccc(-c5cncc(N)c5)cc34)cn2)C1.O=C(Nc1ccc(N2CCCC2)nc1)c1n[nH]c2ccc(-c3cncc(Oc4ccccc4)c3)cc12. The molecule has 31 nitrogen and oxygen atoms in total. The fourth-order valence-electron chi connectivity index (χ4n) is 17.5. The van der Waals surface area contributed by atoms with Gasteiger partial charge in [0.1, 0.15) is 51.8 Å². The highest BCUT2D eigenvalue weighted by Crippen LogP contribution is 2.38. The smallest absolute Gasteiger partial charge is 0.276 e. The molecule has 5 aliphatic rings. The van der Waals surface area contributed by atoms with E-state index in [1.807, 2.05) is 160 Å². The van der Waals surface area contributed by atoms with Gasteiger partial charge in [0.15, 0.2) is 22.8 Å². The Bertz CT molecular complexity index is 7290. The van der Waals surface area contributed by atoms with E-state index in [0.29, 0.717) is 151 Å². The van der Waals surface area contributed by atoms with Crippen molar-refractivity contribution in [2.24, 2.45) is 0 Å². The lowest BCUT2D eigenvalue weighted by Gasteiger charge is -2.18. The summed E-state index contributed by atoms with van der Waals surface area (Å²) in [5.74, 6) is 0.343. The van der Waals surface area contributed by atoms with E-state index in [1.165, 1.54) is 12.8 Å². The number of hydrogen-bond donors (Lipinski definition) is 9. The van der Waals surface area contributed by atoms with Crippen LogP contribution in [0.15, 0.2) is 256 Å². The number of halogens is 5. The number of hydrogen-bond acceptors (Lipinski definition) is 23. The predicted molar refractivity (Wildman–Crippen MR) is 522 cm³/mol. The van der Waals surface area contributed by atoms with Crippen molar-refractivity contribution in [2.45, 2.75) is 88.8 Å². The number of H-pyrrole nitrogens is 4. The first-order chi connectivity index (χ1) is 66.7. The van der Waals surface area contributed by atoms with E-state index in [-0.39, 0.29) is 42.1 Å². The molecule has 5 fully saturated rings. The maximum absolute atomic E-state index is 14.2. The van der Waals surface area contributed by atoms with Gasteiger partial charge in [0.2, 0.25) is 0 Å². The molecule has 10 N–H and O–H groups in total. The molecule has 36 heteroatoms. The summed E-state index contributed by atoms with van der Waals surface area (Å²) in [6, 6.07) is 56.4. The van der Waals surface area contributed by atoms with Crippen LogP contribution in [0.1, 0.15) is 107 Å².